The lowest BCUT2D eigenvalue weighted by atomic mass is 10.0. The number of nitrogens with one attached hydrogen (secondary N) is 2. The highest BCUT2D eigenvalue weighted by Crippen LogP contribution is 2.21. The zero-order valence-electron chi connectivity index (χ0n) is 14.8. The van der Waals surface area contributed by atoms with Gasteiger partial charge in [0.1, 0.15) is 5.60 Å². The predicted octanol–water partition coefficient (Wildman–Crippen LogP) is 4.68. The van der Waals surface area contributed by atoms with Crippen molar-refractivity contribution in [2.45, 2.75) is 65.1 Å². The number of hydrogen-bond acceptors (Lipinski definition) is 3. The summed E-state index contributed by atoms with van der Waals surface area (Å²) in [6.07, 6.45) is 1.48. The van der Waals surface area contributed by atoms with Crippen molar-refractivity contribution in [1.82, 2.24) is 10.6 Å². The van der Waals surface area contributed by atoms with E-state index in [1.54, 1.807) is 0 Å². The van der Waals surface area contributed by atoms with Gasteiger partial charge in [-0.2, -0.15) is 0 Å². The first kappa shape index (κ1) is 19.8. The monoisotopic (exact) mass is 340 g/mol. The molecule has 0 aliphatic heterocycles. The molecule has 0 aromatic heterocycles. The minimum absolute atomic E-state index is 0.173. The average molecular weight is 341 g/mol. The van der Waals surface area contributed by atoms with Gasteiger partial charge in [0, 0.05) is 23.7 Å². The maximum absolute atomic E-state index is 11.8. The maximum Gasteiger partial charge on any atom is 0.407 e. The summed E-state index contributed by atoms with van der Waals surface area (Å²) in [7, 11) is 0. The lowest BCUT2D eigenvalue weighted by Crippen LogP contribution is -2.43. The van der Waals surface area contributed by atoms with E-state index in [1.165, 1.54) is 0 Å². The molecule has 1 rings (SSSR count). The highest BCUT2D eigenvalue weighted by molar-refractivity contribution is 6.30. The van der Waals surface area contributed by atoms with E-state index in [1.807, 2.05) is 39.0 Å². The molecule has 0 aliphatic rings. The van der Waals surface area contributed by atoms with Crippen molar-refractivity contribution in [1.29, 1.82) is 0 Å². The first-order valence-electron chi connectivity index (χ1n) is 8.23. The molecule has 4 nitrogen and oxygen atoms in total. The van der Waals surface area contributed by atoms with Crippen LogP contribution in [0.2, 0.25) is 5.02 Å². The summed E-state index contributed by atoms with van der Waals surface area (Å²) in [5, 5.41) is 7.16. The molecule has 0 saturated carbocycles. The molecule has 5 heteroatoms. The van der Waals surface area contributed by atoms with Crippen LogP contribution in [0.25, 0.3) is 0 Å². The van der Waals surface area contributed by atoms with E-state index in [-0.39, 0.29) is 18.2 Å². The zero-order valence-corrected chi connectivity index (χ0v) is 15.5. The molecule has 0 fully saturated rings. The molecule has 23 heavy (non-hydrogen) atoms. The normalized spacial score (nSPS) is 14.2. The van der Waals surface area contributed by atoms with Crippen molar-refractivity contribution in [3.63, 3.8) is 0 Å². The van der Waals surface area contributed by atoms with E-state index in [0.717, 1.165) is 23.4 Å². The fraction of sp³-hybridized carbons (Fsp3) is 0.611. The Balaban J connectivity index is 2.58. The van der Waals surface area contributed by atoms with Gasteiger partial charge in [-0.15, -0.1) is 0 Å². The van der Waals surface area contributed by atoms with Crippen molar-refractivity contribution in [2.24, 2.45) is 0 Å². The third-order valence-electron chi connectivity index (χ3n) is 3.48. The maximum atomic E-state index is 11.8. The van der Waals surface area contributed by atoms with E-state index in [0.29, 0.717) is 6.54 Å². The minimum atomic E-state index is -0.480. The Kier molecular flexibility index (Phi) is 7.86. The van der Waals surface area contributed by atoms with Crippen LogP contribution in [-0.2, 0) is 4.74 Å². The van der Waals surface area contributed by atoms with Gasteiger partial charge in [-0.05, 0) is 51.3 Å². The quantitative estimate of drug-likeness (QED) is 0.757. The molecule has 1 aromatic carbocycles. The van der Waals surface area contributed by atoms with E-state index in [9.17, 15) is 4.79 Å². The number of halogens is 1. The summed E-state index contributed by atoms with van der Waals surface area (Å²) in [4.78, 5) is 11.8. The Morgan fingerprint density at radius 2 is 1.96 bits per heavy atom. The second kappa shape index (κ2) is 9.14. The number of benzene rings is 1. The third kappa shape index (κ3) is 7.71. The summed E-state index contributed by atoms with van der Waals surface area (Å²) >= 11 is 6.08. The lowest BCUT2D eigenvalue weighted by Gasteiger charge is -2.26. The van der Waals surface area contributed by atoms with E-state index in [4.69, 9.17) is 16.3 Å². The first-order valence-corrected chi connectivity index (χ1v) is 8.61. The van der Waals surface area contributed by atoms with Crippen LogP contribution < -0.4 is 10.6 Å². The first-order chi connectivity index (χ1) is 10.7. The van der Waals surface area contributed by atoms with Crippen LogP contribution in [0.15, 0.2) is 24.3 Å². The van der Waals surface area contributed by atoms with Crippen LogP contribution in [0.5, 0.6) is 0 Å². The van der Waals surface area contributed by atoms with Crippen molar-refractivity contribution in [3.8, 4) is 0 Å². The van der Waals surface area contributed by atoms with Crippen LogP contribution in [-0.4, -0.2) is 24.3 Å². The molecule has 1 aromatic rings. The Morgan fingerprint density at radius 1 is 1.26 bits per heavy atom. The molecule has 0 bridgehead atoms. The summed E-state index contributed by atoms with van der Waals surface area (Å²) in [6, 6.07) is 8.27. The van der Waals surface area contributed by atoms with Crippen LogP contribution in [0, 0.1) is 0 Å². The zero-order chi connectivity index (χ0) is 17.5. The molecule has 2 unspecified atom stereocenters. The van der Waals surface area contributed by atoms with Gasteiger partial charge in [0.25, 0.3) is 0 Å². The minimum Gasteiger partial charge on any atom is -0.444 e. The Morgan fingerprint density at radius 3 is 2.48 bits per heavy atom. The van der Waals surface area contributed by atoms with Gasteiger partial charge in [0.2, 0.25) is 0 Å². The molecule has 0 heterocycles. The number of rotatable bonds is 7. The Hall–Kier alpha value is -1.26. The molecular weight excluding hydrogens is 312 g/mol. The number of hydrogen-bond donors (Lipinski definition) is 2. The smallest absolute Gasteiger partial charge is 0.407 e. The molecule has 2 N–H and O–H groups in total. The van der Waals surface area contributed by atoms with Crippen molar-refractivity contribution in [2.75, 3.05) is 6.54 Å². The molecule has 1 amide bonds. The van der Waals surface area contributed by atoms with Gasteiger partial charge < -0.3 is 15.4 Å². The van der Waals surface area contributed by atoms with Gasteiger partial charge >= 0.3 is 6.09 Å². The summed E-state index contributed by atoms with van der Waals surface area (Å²) in [5.74, 6) is 0. The largest absolute Gasteiger partial charge is 0.444 e. The average Bonchev–Trinajstić information content (AvgIpc) is 2.46. The SMILES string of the molecule is CCC(CNC(=O)OC(C)(C)C)NC(CC)c1cccc(Cl)c1. The number of carbonyl (C=O) groups is 1. The molecule has 0 spiro atoms. The third-order valence-corrected chi connectivity index (χ3v) is 3.72. The van der Waals surface area contributed by atoms with E-state index in [2.05, 4.69) is 30.5 Å². The van der Waals surface area contributed by atoms with Gasteiger partial charge in [-0.1, -0.05) is 37.6 Å². The summed E-state index contributed by atoms with van der Waals surface area (Å²) < 4.78 is 5.27. The number of ether oxygens (including phenoxy) is 1. The van der Waals surface area contributed by atoms with Crippen LogP contribution >= 0.6 is 11.6 Å². The fourth-order valence-corrected chi connectivity index (χ4v) is 2.50. The van der Waals surface area contributed by atoms with Gasteiger partial charge in [0.05, 0.1) is 0 Å². The van der Waals surface area contributed by atoms with Gasteiger partial charge in [-0.3, -0.25) is 0 Å². The molecule has 130 valence electrons. The van der Waals surface area contributed by atoms with E-state index >= 15 is 0 Å². The molecular formula is C18H29ClN2O2. The highest BCUT2D eigenvalue weighted by Gasteiger charge is 2.19. The Bertz CT molecular complexity index is 500. The second-order valence-electron chi connectivity index (χ2n) is 6.67. The summed E-state index contributed by atoms with van der Waals surface area (Å²) in [5.41, 5.74) is 0.683. The molecule has 2 atom stereocenters. The van der Waals surface area contributed by atoms with Gasteiger partial charge in [-0.25, -0.2) is 4.79 Å². The summed E-state index contributed by atoms with van der Waals surface area (Å²) in [6.45, 7) is 10.3. The number of carbonyl (C=O) groups excluding carboxylic acids is 1. The van der Waals surface area contributed by atoms with Crippen molar-refractivity contribution < 1.29 is 9.53 Å². The van der Waals surface area contributed by atoms with Crippen LogP contribution in [0.1, 0.15) is 59.1 Å². The van der Waals surface area contributed by atoms with Gasteiger partial charge in [0.15, 0.2) is 0 Å². The number of alkyl carbamates (subject to hydrolysis) is 1. The molecule has 0 aliphatic carbocycles. The van der Waals surface area contributed by atoms with Crippen molar-refractivity contribution >= 4 is 17.7 Å². The van der Waals surface area contributed by atoms with Crippen molar-refractivity contribution in [3.05, 3.63) is 34.9 Å². The fourth-order valence-electron chi connectivity index (χ4n) is 2.30. The molecule has 0 saturated heterocycles. The molecule has 0 radical (unpaired) electrons. The number of amides is 1. The Labute approximate surface area is 144 Å². The highest BCUT2D eigenvalue weighted by atomic mass is 35.5. The topological polar surface area (TPSA) is 50.4 Å². The predicted molar refractivity (Wildman–Crippen MR) is 95.9 cm³/mol. The second-order valence-corrected chi connectivity index (χ2v) is 7.11. The lowest BCUT2D eigenvalue weighted by molar-refractivity contribution is 0.0521. The van der Waals surface area contributed by atoms with Crippen LogP contribution in [0.3, 0.4) is 0 Å². The van der Waals surface area contributed by atoms with Crippen LogP contribution in [0.4, 0.5) is 4.79 Å². The standard InChI is InChI=1S/C18H29ClN2O2/c1-6-15(12-20-17(22)23-18(3,4)5)21-16(7-2)13-9-8-10-14(19)11-13/h8-11,15-16,21H,6-7,12H2,1-5H3,(H,20,22). The van der Waals surface area contributed by atoms with E-state index < -0.39 is 5.60 Å².